The van der Waals surface area contributed by atoms with Gasteiger partial charge in [-0.15, -0.1) is 11.8 Å². The van der Waals surface area contributed by atoms with Gasteiger partial charge in [-0.2, -0.15) is 0 Å². The maximum atomic E-state index is 14.3. The molecule has 0 aromatic heterocycles. The number of carbonyl (C=O) groups is 1. The highest BCUT2D eigenvalue weighted by Gasteiger charge is 2.39. The van der Waals surface area contributed by atoms with Gasteiger partial charge in [0.25, 0.3) is 0 Å². The minimum absolute atomic E-state index is 0.237. The van der Waals surface area contributed by atoms with Crippen LogP contribution in [0.4, 0.5) is 4.39 Å². The molecule has 2 aliphatic rings. The summed E-state index contributed by atoms with van der Waals surface area (Å²) in [5, 5.41) is 4.12. The average molecular weight is 389 g/mol. The Kier molecular flexibility index (Phi) is 6.11. The second-order valence-electron chi connectivity index (χ2n) is 7.07. The lowest BCUT2D eigenvalue weighted by Crippen LogP contribution is -2.37. The summed E-state index contributed by atoms with van der Waals surface area (Å²) in [4.78, 5) is 17.8. The molecule has 0 bridgehead atoms. The van der Waals surface area contributed by atoms with Crippen molar-refractivity contribution >= 4 is 23.4 Å². The second-order valence-corrected chi connectivity index (χ2v) is 8.38. The van der Waals surface area contributed by atoms with Crippen molar-refractivity contribution in [2.75, 3.05) is 12.9 Å². The summed E-state index contributed by atoms with van der Waals surface area (Å²) >= 11 is 1.44. The van der Waals surface area contributed by atoms with E-state index in [0.717, 1.165) is 12.8 Å². The van der Waals surface area contributed by atoms with Gasteiger partial charge in [0.05, 0.1) is 17.9 Å². The summed E-state index contributed by atoms with van der Waals surface area (Å²) < 4.78 is 18.8. The van der Waals surface area contributed by atoms with Crippen LogP contribution in [0.25, 0.3) is 0 Å². The molecule has 2 atom stereocenters. The lowest BCUT2D eigenvalue weighted by atomic mass is 9.96. The molecule has 1 heterocycles. The van der Waals surface area contributed by atoms with E-state index in [0.29, 0.717) is 42.2 Å². The van der Waals surface area contributed by atoms with E-state index in [-0.39, 0.29) is 17.9 Å². The van der Waals surface area contributed by atoms with E-state index in [2.05, 4.69) is 17.0 Å². The van der Waals surface area contributed by atoms with Crippen molar-refractivity contribution in [2.45, 2.75) is 50.4 Å². The normalized spacial score (nSPS) is 20.7. The first-order valence-corrected chi connectivity index (χ1v) is 10.4. The summed E-state index contributed by atoms with van der Waals surface area (Å²) in [6, 6.07) is 4.98. The van der Waals surface area contributed by atoms with Crippen molar-refractivity contribution < 1.29 is 18.8 Å². The molecule has 1 saturated carbocycles. The zero-order valence-electron chi connectivity index (χ0n) is 15.9. The minimum Gasteiger partial charge on any atom is -0.465 e. The molecule has 1 aliphatic carbocycles. The van der Waals surface area contributed by atoms with Gasteiger partial charge in [0, 0.05) is 24.3 Å². The predicted octanol–water partition coefficient (Wildman–Crippen LogP) is 4.16. The van der Waals surface area contributed by atoms with Crippen LogP contribution < -0.4 is 0 Å². The van der Waals surface area contributed by atoms with Gasteiger partial charge < -0.3 is 9.57 Å². The monoisotopic (exact) mass is 389 g/mol. The lowest BCUT2D eigenvalue weighted by molar-refractivity contribution is -0.146. The highest BCUT2D eigenvalue weighted by molar-refractivity contribution is 8.00. The highest BCUT2D eigenvalue weighted by Crippen LogP contribution is 2.33. The van der Waals surface area contributed by atoms with Gasteiger partial charge in [0.15, 0.2) is 0 Å². The fourth-order valence-corrected chi connectivity index (χ4v) is 3.46. The Labute approximate surface area is 163 Å². The Balaban J connectivity index is 1.64. The molecule has 0 N–H and O–H groups in total. The average Bonchev–Trinajstić information content (AvgIpc) is 3.37. The SMILES string of the molecule is CCOC(=O)C(C)(CC1CC(c2ccc(C#CC3CC3)c(F)c2)=NO1)SC. The van der Waals surface area contributed by atoms with Crippen LogP contribution in [0.15, 0.2) is 23.4 Å². The number of oxime groups is 1. The van der Waals surface area contributed by atoms with Crippen LogP contribution in [0.3, 0.4) is 0 Å². The van der Waals surface area contributed by atoms with Crippen LogP contribution in [0.1, 0.15) is 50.7 Å². The number of esters is 1. The maximum Gasteiger partial charge on any atom is 0.322 e. The predicted molar refractivity (Wildman–Crippen MR) is 105 cm³/mol. The summed E-state index contributed by atoms with van der Waals surface area (Å²) in [5.74, 6) is 5.83. The first kappa shape index (κ1) is 19.8. The van der Waals surface area contributed by atoms with Crippen molar-refractivity contribution in [3.05, 3.63) is 35.1 Å². The van der Waals surface area contributed by atoms with Crippen LogP contribution in [-0.2, 0) is 14.4 Å². The van der Waals surface area contributed by atoms with Gasteiger partial charge in [0.1, 0.15) is 16.7 Å². The van der Waals surface area contributed by atoms with E-state index in [1.807, 2.05) is 19.2 Å². The van der Waals surface area contributed by atoms with E-state index in [9.17, 15) is 9.18 Å². The molecular formula is C21H24FNO3S. The van der Waals surface area contributed by atoms with E-state index in [1.54, 1.807) is 13.0 Å². The van der Waals surface area contributed by atoms with E-state index in [1.165, 1.54) is 17.8 Å². The smallest absolute Gasteiger partial charge is 0.322 e. The van der Waals surface area contributed by atoms with Crippen molar-refractivity contribution in [3.63, 3.8) is 0 Å². The Morgan fingerprint density at radius 1 is 1.48 bits per heavy atom. The van der Waals surface area contributed by atoms with Crippen molar-refractivity contribution in [1.82, 2.24) is 0 Å². The lowest BCUT2D eigenvalue weighted by Gasteiger charge is -2.26. The molecule has 1 fully saturated rings. The van der Waals surface area contributed by atoms with Gasteiger partial charge in [-0.3, -0.25) is 4.79 Å². The number of nitrogens with zero attached hydrogens (tertiary/aromatic N) is 1. The summed E-state index contributed by atoms with van der Waals surface area (Å²) in [6.07, 6.45) is 4.88. The summed E-state index contributed by atoms with van der Waals surface area (Å²) in [5.41, 5.74) is 1.79. The van der Waals surface area contributed by atoms with Crippen LogP contribution in [0, 0.1) is 23.6 Å². The number of rotatable bonds is 6. The zero-order chi connectivity index (χ0) is 19.4. The Hall–Kier alpha value is -2.00. The third-order valence-electron chi connectivity index (χ3n) is 4.80. The fraction of sp³-hybridized carbons (Fsp3) is 0.524. The number of benzene rings is 1. The molecule has 2 unspecified atom stereocenters. The van der Waals surface area contributed by atoms with Gasteiger partial charge in [-0.1, -0.05) is 23.1 Å². The Morgan fingerprint density at radius 2 is 2.26 bits per heavy atom. The topological polar surface area (TPSA) is 47.9 Å². The molecule has 6 heteroatoms. The van der Waals surface area contributed by atoms with Crippen molar-refractivity contribution in [1.29, 1.82) is 0 Å². The van der Waals surface area contributed by atoms with Gasteiger partial charge in [-0.05, 0) is 45.1 Å². The number of ether oxygens (including phenoxy) is 1. The molecule has 3 rings (SSSR count). The Bertz CT molecular complexity index is 809. The van der Waals surface area contributed by atoms with Gasteiger partial charge in [0.2, 0.25) is 0 Å². The molecule has 0 radical (unpaired) electrons. The molecule has 4 nitrogen and oxygen atoms in total. The van der Waals surface area contributed by atoms with Crippen LogP contribution in [0.5, 0.6) is 0 Å². The second kappa shape index (κ2) is 8.35. The molecule has 0 amide bonds. The first-order valence-electron chi connectivity index (χ1n) is 9.21. The Morgan fingerprint density at radius 3 is 2.89 bits per heavy atom. The van der Waals surface area contributed by atoms with Crippen LogP contribution >= 0.6 is 11.8 Å². The minimum atomic E-state index is -0.695. The molecule has 0 saturated heterocycles. The molecule has 0 spiro atoms. The molecule has 27 heavy (non-hydrogen) atoms. The largest absolute Gasteiger partial charge is 0.465 e. The standard InChI is InChI=1S/C21H24FNO3S/c1-4-25-20(24)21(2,27-3)13-17-12-19(23-26-17)16-10-9-15(18(22)11-16)8-7-14-5-6-14/h9-11,14,17H,4-6,12-13H2,1-3H3. The van der Waals surface area contributed by atoms with E-state index >= 15 is 0 Å². The number of carbonyl (C=O) groups excluding carboxylic acids is 1. The van der Waals surface area contributed by atoms with Crippen LogP contribution in [0.2, 0.25) is 0 Å². The summed E-state index contributed by atoms with van der Waals surface area (Å²) in [6.45, 7) is 3.99. The third kappa shape index (κ3) is 4.84. The van der Waals surface area contributed by atoms with Crippen molar-refractivity contribution in [3.8, 4) is 11.8 Å². The molecule has 144 valence electrons. The molecule has 1 aliphatic heterocycles. The van der Waals surface area contributed by atoms with Gasteiger partial charge >= 0.3 is 5.97 Å². The summed E-state index contributed by atoms with van der Waals surface area (Å²) in [7, 11) is 0. The number of halogens is 1. The van der Waals surface area contributed by atoms with Gasteiger partial charge in [-0.25, -0.2) is 4.39 Å². The zero-order valence-corrected chi connectivity index (χ0v) is 16.7. The maximum absolute atomic E-state index is 14.3. The third-order valence-corrected chi connectivity index (χ3v) is 6.03. The van der Waals surface area contributed by atoms with Crippen LogP contribution in [-0.4, -0.2) is 35.4 Å². The number of hydrogen-bond acceptors (Lipinski definition) is 5. The molecule has 1 aromatic carbocycles. The highest BCUT2D eigenvalue weighted by atomic mass is 32.2. The van der Waals surface area contributed by atoms with E-state index < -0.39 is 4.75 Å². The molecular weight excluding hydrogens is 365 g/mol. The quantitative estimate of drug-likeness (QED) is 0.542. The van der Waals surface area contributed by atoms with E-state index in [4.69, 9.17) is 9.57 Å². The van der Waals surface area contributed by atoms with Crippen molar-refractivity contribution in [2.24, 2.45) is 11.1 Å². The fourth-order valence-electron chi connectivity index (χ4n) is 2.88. The first-order chi connectivity index (χ1) is 12.9. The number of hydrogen-bond donors (Lipinski definition) is 0. The number of thioether (sulfide) groups is 1. The molecule has 1 aromatic rings.